The summed E-state index contributed by atoms with van der Waals surface area (Å²) in [6.07, 6.45) is 5.35. The van der Waals surface area contributed by atoms with Crippen molar-refractivity contribution in [3.8, 4) is 0 Å². The number of hydrogen-bond acceptors (Lipinski definition) is 2. The first-order valence-corrected chi connectivity index (χ1v) is 8.61. The number of nitrogens with one attached hydrogen (secondary N) is 1. The van der Waals surface area contributed by atoms with Gasteiger partial charge in [0.2, 0.25) is 5.91 Å². The minimum absolute atomic E-state index is 0.0923. The molecule has 2 aromatic carbocycles. The molecule has 0 radical (unpaired) electrons. The average Bonchev–Trinajstić information content (AvgIpc) is 2.60. The number of carbonyl (C=O) groups excluding carboxylic acids is 1. The van der Waals surface area contributed by atoms with E-state index in [1.165, 1.54) is 35.9 Å². The van der Waals surface area contributed by atoms with Crippen LogP contribution in [-0.2, 0) is 11.2 Å². The van der Waals surface area contributed by atoms with Gasteiger partial charge in [-0.05, 0) is 60.7 Å². The summed E-state index contributed by atoms with van der Waals surface area (Å²) in [5.41, 5.74) is 4.36. The van der Waals surface area contributed by atoms with Crippen LogP contribution < -0.4 is 10.2 Å². The van der Waals surface area contributed by atoms with E-state index in [-0.39, 0.29) is 17.8 Å². The van der Waals surface area contributed by atoms with E-state index >= 15 is 0 Å². The van der Waals surface area contributed by atoms with E-state index in [1.807, 2.05) is 6.92 Å². The van der Waals surface area contributed by atoms with Gasteiger partial charge in [0.25, 0.3) is 0 Å². The van der Waals surface area contributed by atoms with Crippen molar-refractivity contribution in [3.63, 3.8) is 0 Å². The van der Waals surface area contributed by atoms with Crippen molar-refractivity contribution >= 4 is 17.7 Å². The summed E-state index contributed by atoms with van der Waals surface area (Å²) < 4.78 is 13.2. The molecule has 1 N–H and O–H groups in total. The van der Waals surface area contributed by atoms with Gasteiger partial charge in [0.05, 0.1) is 6.04 Å². The maximum Gasteiger partial charge on any atom is 0.244 e. The molecule has 1 amide bonds. The molecule has 0 spiro atoms. The van der Waals surface area contributed by atoms with Crippen LogP contribution in [0.15, 0.2) is 48.5 Å². The molecule has 1 aliphatic rings. The molecule has 0 aliphatic carbocycles. The molecule has 0 bridgehead atoms. The highest BCUT2D eigenvalue weighted by atomic mass is 19.1. The fourth-order valence-electron chi connectivity index (χ4n) is 3.17. The topological polar surface area (TPSA) is 32.3 Å². The van der Waals surface area contributed by atoms with Gasteiger partial charge in [-0.1, -0.05) is 24.3 Å². The molecule has 3 nitrogen and oxygen atoms in total. The van der Waals surface area contributed by atoms with E-state index in [9.17, 15) is 9.18 Å². The Morgan fingerprint density at radius 3 is 2.92 bits per heavy atom. The van der Waals surface area contributed by atoms with Crippen molar-refractivity contribution in [2.24, 2.45) is 0 Å². The van der Waals surface area contributed by atoms with Crippen molar-refractivity contribution in [2.45, 2.75) is 25.8 Å². The summed E-state index contributed by atoms with van der Waals surface area (Å²) in [5, 5.41) is 2.96. The first-order chi connectivity index (χ1) is 12.0. The van der Waals surface area contributed by atoms with Crippen molar-refractivity contribution < 1.29 is 9.18 Å². The second kappa shape index (κ2) is 7.51. The van der Waals surface area contributed by atoms with Gasteiger partial charge in [-0.15, -0.1) is 0 Å². The molecule has 1 aliphatic heterocycles. The Balaban J connectivity index is 1.66. The Hall–Kier alpha value is -2.62. The molecule has 1 atom stereocenters. The zero-order valence-electron chi connectivity index (χ0n) is 14.6. The molecular formula is C21H23FN2O. The molecule has 0 saturated heterocycles. The molecule has 0 aromatic heterocycles. The molecule has 130 valence electrons. The molecule has 3 rings (SSSR count). The van der Waals surface area contributed by atoms with Crippen molar-refractivity contribution in [3.05, 3.63) is 71.0 Å². The third kappa shape index (κ3) is 4.27. The van der Waals surface area contributed by atoms with E-state index in [0.717, 1.165) is 18.5 Å². The first kappa shape index (κ1) is 17.2. The lowest BCUT2D eigenvalue weighted by molar-refractivity contribution is -0.117. The van der Waals surface area contributed by atoms with Crippen LogP contribution in [-0.4, -0.2) is 19.5 Å². The standard InChI is InChI=1S/C21H23FN2O/c1-15(18-10-9-17-6-4-12-24(2)20(17)14-18)23-21(25)11-8-16-5-3-7-19(22)13-16/h3,5,7-11,13-15H,4,6,12H2,1-2H3,(H,23,25). The molecule has 0 fully saturated rings. The number of nitrogens with zero attached hydrogens (tertiary/aromatic N) is 1. The van der Waals surface area contributed by atoms with E-state index in [1.54, 1.807) is 18.2 Å². The fourth-order valence-corrected chi connectivity index (χ4v) is 3.17. The van der Waals surface area contributed by atoms with E-state index < -0.39 is 0 Å². The van der Waals surface area contributed by atoms with E-state index in [0.29, 0.717) is 5.56 Å². The lowest BCUT2D eigenvalue weighted by Gasteiger charge is -2.28. The third-order valence-corrected chi connectivity index (χ3v) is 4.59. The van der Waals surface area contributed by atoms with Crippen LogP contribution in [0.25, 0.3) is 6.08 Å². The van der Waals surface area contributed by atoms with Crippen molar-refractivity contribution in [1.29, 1.82) is 0 Å². The molecule has 25 heavy (non-hydrogen) atoms. The number of amides is 1. The van der Waals surface area contributed by atoms with Crippen molar-refractivity contribution in [2.75, 3.05) is 18.5 Å². The Kier molecular flexibility index (Phi) is 5.17. The third-order valence-electron chi connectivity index (χ3n) is 4.59. The van der Waals surface area contributed by atoms with E-state index in [4.69, 9.17) is 0 Å². The van der Waals surface area contributed by atoms with Crippen LogP contribution in [0, 0.1) is 5.82 Å². The second-order valence-electron chi connectivity index (χ2n) is 6.53. The quantitative estimate of drug-likeness (QED) is 0.851. The molecule has 2 aromatic rings. The van der Waals surface area contributed by atoms with Crippen molar-refractivity contribution in [1.82, 2.24) is 5.32 Å². The van der Waals surface area contributed by atoms with Gasteiger partial charge in [-0.2, -0.15) is 0 Å². The lowest BCUT2D eigenvalue weighted by Crippen LogP contribution is -2.27. The smallest absolute Gasteiger partial charge is 0.244 e. The SMILES string of the molecule is CC(NC(=O)C=Cc1cccc(F)c1)c1ccc2c(c1)N(C)CCC2. The second-order valence-corrected chi connectivity index (χ2v) is 6.53. The number of aryl methyl sites for hydroxylation is 1. The van der Waals surface area contributed by atoms with Gasteiger partial charge in [0, 0.05) is 25.4 Å². The first-order valence-electron chi connectivity index (χ1n) is 8.61. The normalized spacial score (nSPS) is 15.1. The minimum Gasteiger partial charge on any atom is -0.374 e. The fraction of sp³-hybridized carbons (Fsp3) is 0.286. The minimum atomic E-state index is -0.311. The summed E-state index contributed by atoms with van der Waals surface area (Å²) in [6, 6.07) is 12.5. The summed E-state index contributed by atoms with van der Waals surface area (Å²) in [5.74, 6) is -0.503. The van der Waals surface area contributed by atoms with Gasteiger partial charge in [0.15, 0.2) is 0 Å². The van der Waals surface area contributed by atoms with Crippen LogP contribution in [0.2, 0.25) is 0 Å². The molecule has 0 saturated carbocycles. The van der Waals surface area contributed by atoms with Crippen LogP contribution >= 0.6 is 0 Å². The number of carbonyl (C=O) groups is 1. The Morgan fingerprint density at radius 1 is 1.28 bits per heavy atom. The van der Waals surface area contributed by atoms with Gasteiger partial charge >= 0.3 is 0 Å². The number of anilines is 1. The number of fused-ring (bicyclic) bond motifs is 1. The molecule has 1 unspecified atom stereocenters. The molecular weight excluding hydrogens is 315 g/mol. The molecule has 1 heterocycles. The molecule has 4 heteroatoms. The summed E-state index contributed by atoms with van der Waals surface area (Å²) in [7, 11) is 2.10. The maximum atomic E-state index is 13.2. The average molecular weight is 338 g/mol. The number of rotatable bonds is 4. The Labute approximate surface area is 148 Å². The summed E-state index contributed by atoms with van der Waals surface area (Å²) in [4.78, 5) is 14.4. The number of halogens is 1. The van der Waals surface area contributed by atoms with Gasteiger partial charge < -0.3 is 10.2 Å². The van der Waals surface area contributed by atoms with Crippen LogP contribution in [0.5, 0.6) is 0 Å². The Bertz CT molecular complexity index is 800. The maximum absolute atomic E-state index is 13.2. The predicted molar refractivity (Wildman–Crippen MR) is 100 cm³/mol. The van der Waals surface area contributed by atoms with Crippen LogP contribution in [0.3, 0.4) is 0 Å². The highest BCUT2D eigenvalue weighted by Gasteiger charge is 2.16. The highest BCUT2D eigenvalue weighted by Crippen LogP contribution is 2.29. The Morgan fingerprint density at radius 2 is 2.12 bits per heavy atom. The highest BCUT2D eigenvalue weighted by molar-refractivity contribution is 5.92. The van der Waals surface area contributed by atoms with E-state index in [2.05, 4.69) is 35.5 Å². The number of hydrogen-bond donors (Lipinski definition) is 1. The number of benzene rings is 2. The largest absolute Gasteiger partial charge is 0.374 e. The van der Waals surface area contributed by atoms with Crippen LogP contribution in [0.4, 0.5) is 10.1 Å². The van der Waals surface area contributed by atoms with Gasteiger partial charge in [0.1, 0.15) is 5.82 Å². The summed E-state index contributed by atoms with van der Waals surface area (Å²) >= 11 is 0. The zero-order valence-corrected chi connectivity index (χ0v) is 14.6. The summed E-state index contributed by atoms with van der Waals surface area (Å²) in [6.45, 7) is 3.03. The van der Waals surface area contributed by atoms with Crippen LogP contribution in [0.1, 0.15) is 36.1 Å². The monoisotopic (exact) mass is 338 g/mol. The van der Waals surface area contributed by atoms with Gasteiger partial charge in [-0.25, -0.2) is 4.39 Å². The zero-order chi connectivity index (χ0) is 17.8. The van der Waals surface area contributed by atoms with Gasteiger partial charge in [-0.3, -0.25) is 4.79 Å². The predicted octanol–water partition coefficient (Wildman–Crippen LogP) is 4.10. The lowest BCUT2D eigenvalue weighted by atomic mass is 9.97.